The maximum absolute atomic E-state index is 14.5. The number of ether oxygens (including phenoxy) is 6. The van der Waals surface area contributed by atoms with E-state index in [0.29, 0.717) is 40.5 Å². The monoisotopic (exact) mass is 1190 g/mol. The summed E-state index contributed by atoms with van der Waals surface area (Å²) in [5, 5.41) is 12.8. The molecule has 0 aliphatic heterocycles. The highest BCUT2D eigenvalue weighted by atomic mass is 16.6. The zero-order chi connectivity index (χ0) is 64.3. The van der Waals surface area contributed by atoms with Crippen LogP contribution in [0.4, 0.5) is 11.4 Å². The smallest absolute Gasteiger partial charge is 0.344 e. The second-order valence-electron chi connectivity index (χ2n) is 20.2. The van der Waals surface area contributed by atoms with E-state index in [-0.39, 0.29) is 40.6 Å². The summed E-state index contributed by atoms with van der Waals surface area (Å²) in [4.78, 5) is 42.6. The Balaban J connectivity index is 1.30. The number of nitro benzene ring substituents is 1. The van der Waals surface area contributed by atoms with Crippen molar-refractivity contribution in [2.45, 2.75) is 104 Å². The molecule has 12 heteroatoms. The van der Waals surface area contributed by atoms with Gasteiger partial charge in [0.05, 0.1) is 33.9 Å². The summed E-state index contributed by atoms with van der Waals surface area (Å²) in [6.45, 7) is 8.16. The lowest BCUT2D eigenvalue weighted by molar-refractivity contribution is -0.386. The van der Waals surface area contributed by atoms with Gasteiger partial charge in [-0.15, -0.1) is 12.8 Å². The molecule has 0 fully saturated rings. The van der Waals surface area contributed by atoms with Gasteiger partial charge in [-0.1, -0.05) is 113 Å². The molecule has 0 unspecified atom stereocenters. The Kier molecular flexibility index (Phi) is 27.4. The second kappa shape index (κ2) is 36.8. The first-order valence-electron chi connectivity index (χ1n) is 29.1. The van der Waals surface area contributed by atoms with Crippen molar-refractivity contribution in [2.75, 3.05) is 19.0 Å². The first-order valence-corrected chi connectivity index (χ1v) is 29.1. The van der Waals surface area contributed by atoms with Gasteiger partial charge in [-0.2, -0.15) is 0 Å². The summed E-state index contributed by atoms with van der Waals surface area (Å²) in [5.74, 6) is 39.7. The predicted molar refractivity (Wildman–Crippen MR) is 355 cm³/mol. The normalized spacial score (nSPS) is 10.3. The maximum atomic E-state index is 14.5. The Bertz CT molecular complexity index is 4180. The Morgan fingerprint density at radius 3 is 1.38 bits per heavy atom. The zero-order valence-electron chi connectivity index (χ0n) is 51.1. The second-order valence-corrected chi connectivity index (χ2v) is 20.2. The van der Waals surface area contributed by atoms with E-state index < -0.39 is 22.5 Å². The molecule has 446 valence electrons. The third kappa shape index (κ3) is 22.1. The molecule has 90 heavy (non-hydrogen) atoms. The minimum absolute atomic E-state index is 0.0137. The van der Waals surface area contributed by atoms with Crippen molar-refractivity contribution in [1.82, 2.24) is 0 Å². The number of nitrogens with zero attached hydrogens (tertiary/aromatic N) is 2. The van der Waals surface area contributed by atoms with Crippen molar-refractivity contribution in [1.29, 1.82) is 0 Å². The average Bonchev–Trinajstić information content (AvgIpc) is 1.04. The molecular weight excluding hydrogens is 1120 g/mol. The number of hydrogen-bond donors (Lipinski definition) is 0. The van der Waals surface area contributed by atoms with Crippen LogP contribution < -0.4 is 33.3 Å². The summed E-state index contributed by atoms with van der Waals surface area (Å²) in [5.41, 5.74) is 4.45. The lowest BCUT2D eigenvalue weighted by atomic mass is 10.0. The minimum atomic E-state index is -0.854. The van der Waals surface area contributed by atoms with Gasteiger partial charge in [0.2, 0.25) is 0 Å². The quantitative estimate of drug-likeness (QED) is 0.00976. The van der Waals surface area contributed by atoms with Crippen molar-refractivity contribution >= 4 is 35.5 Å². The van der Waals surface area contributed by atoms with E-state index in [1.165, 1.54) is 12.1 Å². The molecule has 0 spiro atoms. The number of anilines is 1. The molecule has 0 aromatic heterocycles. The Labute approximate surface area is 529 Å². The summed E-state index contributed by atoms with van der Waals surface area (Å²) < 4.78 is 36.2. The van der Waals surface area contributed by atoms with Gasteiger partial charge in [0.1, 0.15) is 35.2 Å². The fourth-order valence-corrected chi connectivity index (χ4v) is 8.68. The molecule has 0 saturated heterocycles. The van der Waals surface area contributed by atoms with E-state index >= 15 is 0 Å². The van der Waals surface area contributed by atoms with Crippen molar-refractivity contribution in [2.24, 2.45) is 0 Å². The Morgan fingerprint density at radius 2 is 0.922 bits per heavy atom. The Hall–Kier alpha value is -12.0. The fourth-order valence-electron chi connectivity index (χ4n) is 8.68. The van der Waals surface area contributed by atoms with E-state index in [1.54, 1.807) is 78.9 Å². The third-order valence-electron chi connectivity index (χ3n) is 13.2. The number of nitro groups is 1. The van der Waals surface area contributed by atoms with E-state index in [4.69, 9.17) is 41.3 Å². The minimum Gasteiger partial charge on any atom is -0.490 e. The molecule has 0 heterocycles. The first kappa shape index (κ1) is 67.1. The van der Waals surface area contributed by atoms with E-state index in [2.05, 4.69) is 121 Å². The lowest BCUT2D eigenvalue weighted by Crippen LogP contribution is -2.16. The topological polar surface area (TPSA) is 136 Å². The highest BCUT2D eigenvalue weighted by Crippen LogP contribution is 2.39. The number of esters is 2. The van der Waals surface area contributed by atoms with Crippen LogP contribution in [0.3, 0.4) is 0 Å². The van der Waals surface area contributed by atoms with Gasteiger partial charge >= 0.3 is 17.6 Å². The number of carbonyl (C=O) groups excluding carboxylic acids is 2. The van der Waals surface area contributed by atoms with Gasteiger partial charge in [-0.25, -0.2) is 9.59 Å². The number of unbranched alkanes of at least 4 members (excludes halogenated alkanes) is 6. The summed E-state index contributed by atoms with van der Waals surface area (Å²) in [6.07, 6.45) is 27.6. The Morgan fingerprint density at radius 1 is 0.500 bits per heavy atom. The largest absolute Gasteiger partial charge is 0.490 e. The first-order chi connectivity index (χ1) is 43.8. The molecule has 12 nitrogen and oxygen atoms in total. The van der Waals surface area contributed by atoms with Gasteiger partial charge in [0.25, 0.3) is 0 Å². The van der Waals surface area contributed by atoms with Crippen LogP contribution in [0.25, 0.3) is 34.4 Å². The molecule has 0 N–H and O–H groups in total. The molecule has 0 saturated carbocycles. The molecular formula is C78H64N2O10. The molecule has 6 aromatic carbocycles. The van der Waals surface area contributed by atoms with Crippen molar-refractivity contribution in [3.8, 4) is 177 Å². The number of hydrogen-bond acceptors (Lipinski definition) is 11. The standard InChI is InChI=1S/C78H64N2O10/c1-9-13-17-21-23-25-27-31-53-85-68-47-41-62(42-48-68)61-35-37-65(38-36-61)77(81)90-75-56-67(74(58-72(75)79(7)8)87-59(5)33-29-19-15-11-3)40-39-66-55-76(88-60(6)34-30-20-16-12-4)73(80(83)84)57-71(66)78(82)89-70-51-45-64(46-52-70)63-43-49-69(50-44-63)86-54-32-28-26-24-22-18-14-10-2/h1-2,35-52,55-60H,11-12,15-16,19-20,29-30,33-34H2,3-8H3/t59-,60-/m0/s1. The summed E-state index contributed by atoms with van der Waals surface area (Å²) >= 11 is 0. The highest BCUT2D eigenvalue weighted by Gasteiger charge is 2.26. The van der Waals surface area contributed by atoms with Gasteiger partial charge in [-0.05, 0) is 175 Å². The van der Waals surface area contributed by atoms with E-state index in [0.717, 1.165) is 80.0 Å². The SMILES string of the molecule is C#CC#CC#CC#CC#COc1ccc(-c2ccc(OC(=O)c3cc([N+](=O)[O-])c(O[C@@H](C)CCCCCC)cc3C=Cc3cc(OC(=O)c4ccc(-c5ccc(OC#CC#CC#CC#CC#C)cc5)cc4)c(N(C)C)cc3O[C@@H](C)CCCCCC)cc2)cc1. The fraction of sp³-hybridized carbons (Fsp3) is 0.231. The van der Waals surface area contributed by atoms with Crippen LogP contribution in [0.5, 0.6) is 34.5 Å². The molecule has 0 aliphatic carbocycles. The predicted octanol–water partition coefficient (Wildman–Crippen LogP) is 15.0. The van der Waals surface area contributed by atoms with Crippen molar-refractivity contribution in [3.05, 3.63) is 154 Å². The van der Waals surface area contributed by atoms with E-state index in [9.17, 15) is 19.7 Å². The number of benzene rings is 6. The zero-order valence-corrected chi connectivity index (χ0v) is 51.1. The van der Waals surface area contributed by atoms with Crippen LogP contribution in [0.2, 0.25) is 0 Å². The molecule has 0 aliphatic rings. The van der Waals surface area contributed by atoms with Crippen LogP contribution in [-0.4, -0.2) is 43.2 Å². The number of terminal acetylenes is 2. The summed E-state index contributed by atoms with van der Waals surface area (Å²) in [6, 6.07) is 34.5. The molecule has 0 amide bonds. The molecule has 2 atom stereocenters. The van der Waals surface area contributed by atoms with Crippen molar-refractivity contribution < 1.29 is 42.9 Å². The maximum Gasteiger partial charge on any atom is 0.344 e. The van der Waals surface area contributed by atoms with Gasteiger partial charge < -0.3 is 33.3 Å². The molecule has 0 bridgehead atoms. The van der Waals surface area contributed by atoms with Crippen LogP contribution >= 0.6 is 0 Å². The average molecular weight is 1190 g/mol. The lowest BCUT2D eigenvalue weighted by Gasteiger charge is -2.22. The molecule has 6 aromatic rings. The summed E-state index contributed by atoms with van der Waals surface area (Å²) in [7, 11) is 3.67. The van der Waals surface area contributed by atoms with E-state index in [1.807, 2.05) is 75.3 Å². The van der Waals surface area contributed by atoms with Crippen LogP contribution in [0.15, 0.2) is 121 Å². The third-order valence-corrected chi connectivity index (χ3v) is 13.2. The number of rotatable bonds is 26. The van der Waals surface area contributed by atoms with Gasteiger partial charge in [0, 0.05) is 79.2 Å². The number of carbonyl (C=O) groups is 2. The van der Waals surface area contributed by atoms with Crippen LogP contribution in [-0.2, 0) is 0 Å². The van der Waals surface area contributed by atoms with Gasteiger partial charge in [-0.3, -0.25) is 10.1 Å². The highest BCUT2D eigenvalue weighted by molar-refractivity contribution is 5.98. The van der Waals surface area contributed by atoms with Crippen LogP contribution in [0, 0.1) is 130 Å². The van der Waals surface area contributed by atoms with Crippen molar-refractivity contribution in [3.63, 3.8) is 0 Å². The van der Waals surface area contributed by atoms with Gasteiger partial charge in [0.15, 0.2) is 11.5 Å². The molecule has 0 radical (unpaired) electrons. The molecule has 6 rings (SSSR count). The van der Waals surface area contributed by atoms with Crippen LogP contribution in [0.1, 0.15) is 124 Å².